The van der Waals surface area contributed by atoms with Crippen LogP contribution in [0.1, 0.15) is 21.5 Å². The van der Waals surface area contributed by atoms with Crippen LogP contribution in [-0.2, 0) is 6.18 Å². The molecule has 104 valence electrons. The summed E-state index contributed by atoms with van der Waals surface area (Å²) in [5.74, 6) is -0.596. The van der Waals surface area contributed by atoms with E-state index in [1.165, 1.54) is 12.1 Å². The summed E-state index contributed by atoms with van der Waals surface area (Å²) in [6.07, 6.45) is -4.59. The Balaban J connectivity index is 2.57. The highest BCUT2D eigenvalue weighted by Gasteiger charge is 2.32. The molecule has 2 rings (SSSR count). The first kappa shape index (κ1) is 13.9. The maximum absolute atomic E-state index is 12.7. The third kappa shape index (κ3) is 2.59. The number of ketones is 1. The van der Waals surface area contributed by atoms with Crippen molar-refractivity contribution in [2.24, 2.45) is 0 Å². The molecule has 6 heteroatoms. The molecular formula is C14H11F3N2O. The second kappa shape index (κ2) is 4.88. The SMILES string of the molecule is Nc1cc(C(F)(F)F)cc(C(=O)c2ccccc2)c1N. The summed E-state index contributed by atoms with van der Waals surface area (Å²) in [4.78, 5) is 12.2. The molecule has 0 saturated heterocycles. The number of anilines is 2. The fourth-order valence-electron chi connectivity index (χ4n) is 1.77. The van der Waals surface area contributed by atoms with Crippen molar-refractivity contribution in [2.75, 3.05) is 11.5 Å². The molecule has 20 heavy (non-hydrogen) atoms. The summed E-state index contributed by atoms with van der Waals surface area (Å²) in [5, 5.41) is 0. The van der Waals surface area contributed by atoms with E-state index < -0.39 is 17.5 Å². The Bertz CT molecular complexity index is 651. The molecule has 0 aliphatic heterocycles. The molecule has 0 aromatic heterocycles. The Labute approximate surface area is 113 Å². The molecule has 0 aliphatic rings. The van der Waals surface area contributed by atoms with Gasteiger partial charge >= 0.3 is 6.18 Å². The first-order chi connectivity index (χ1) is 9.30. The van der Waals surface area contributed by atoms with Gasteiger partial charge in [-0.25, -0.2) is 0 Å². The van der Waals surface area contributed by atoms with Crippen molar-refractivity contribution < 1.29 is 18.0 Å². The van der Waals surface area contributed by atoms with Gasteiger partial charge in [-0.05, 0) is 12.1 Å². The summed E-state index contributed by atoms with van der Waals surface area (Å²) in [6.45, 7) is 0. The number of halogens is 3. The average Bonchev–Trinajstić information content (AvgIpc) is 2.40. The van der Waals surface area contributed by atoms with Gasteiger partial charge in [0.2, 0.25) is 0 Å². The van der Waals surface area contributed by atoms with E-state index in [0.717, 1.165) is 12.1 Å². The molecule has 4 N–H and O–H groups in total. The van der Waals surface area contributed by atoms with Gasteiger partial charge in [-0.1, -0.05) is 30.3 Å². The lowest BCUT2D eigenvalue weighted by Gasteiger charge is -2.13. The molecule has 0 fully saturated rings. The first-order valence-corrected chi connectivity index (χ1v) is 5.66. The maximum Gasteiger partial charge on any atom is 0.416 e. The highest BCUT2D eigenvalue weighted by Crippen LogP contribution is 2.34. The van der Waals surface area contributed by atoms with Crippen LogP contribution in [-0.4, -0.2) is 5.78 Å². The van der Waals surface area contributed by atoms with Gasteiger partial charge in [0.1, 0.15) is 0 Å². The molecule has 0 bridgehead atoms. The van der Waals surface area contributed by atoms with Gasteiger partial charge < -0.3 is 11.5 Å². The number of rotatable bonds is 2. The first-order valence-electron chi connectivity index (χ1n) is 5.66. The summed E-state index contributed by atoms with van der Waals surface area (Å²) in [7, 11) is 0. The van der Waals surface area contributed by atoms with E-state index in [1.807, 2.05) is 0 Å². The minimum Gasteiger partial charge on any atom is -0.397 e. The monoisotopic (exact) mass is 280 g/mol. The Kier molecular flexibility index (Phi) is 3.40. The molecule has 0 heterocycles. The number of nitrogens with two attached hydrogens (primary N) is 2. The van der Waals surface area contributed by atoms with Gasteiger partial charge in [-0.2, -0.15) is 13.2 Å². The van der Waals surface area contributed by atoms with Gasteiger partial charge in [-0.3, -0.25) is 4.79 Å². The van der Waals surface area contributed by atoms with E-state index in [2.05, 4.69) is 0 Å². The number of carbonyl (C=O) groups is 1. The smallest absolute Gasteiger partial charge is 0.397 e. The van der Waals surface area contributed by atoms with E-state index in [4.69, 9.17) is 11.5 Å². The van der Waals surface area contributed by atoms with Crippen molar-refractivity contribution in [3.8, 4) is 0 Å². The molecule has 0 saturated carbocycles. The average molecular weight is 280 g/mol. The largest absolute Gasteiger partial charge is 0.416 e. The predicted octanol–water partition coefficient (Wildman–Crippen LogP) is 3.10. The Morgan fingerprint density at radius 3 is 2.15 bits per heavy atom. The topological polar surface area (TPSA) is 69.1 Å². The fourth-order valence-corrected chi connectivity index (χ4v) is 1.77. The van der Waals surface area contributed by atoms with Crippen LogP contribution in [0.4, 0.5) is 24.5 Å². The number of alkyl halides is 3. The molecule has 0 spiro atoms. The molecular weight excluding hydrogens is 269 g/mol. The summed E-state index contributed by atoms with van der Waals surface area (Å²) in [6, 6.07) is 9.36. The van der Waals surface area contributed by atoms with Crippen molar-refractivity contribution in [1.29, 1.82) is 0 Å². The molecule has 2 aromatic carbocycles. The van der Waals surface area contributed by atoms with Gasteiger partial charge in [0.25, 0.3) is 0 Å². The predicted molar refractivity (Wildman–Crippen MR) is 70.1 cm³/mol. The number of carbonyl (C=O) groups excluding carboxylic acids is 1. The quantitative estimate of drug-likeness (QED) is 0.656. The minimum atomic E-state index is -4.59. The number of benzene rings is 2. The molecule has 0 atom stereocenters. The fraction of sp³-hybridized carbons (Fsp3) is 0.0714. The normalized spacial score (nSPS) is 11.3. The summed E-state index contributed by atoms with van der Waals surface area (Å²) in [5.41, 5.74) is 9.67. The van der Waals surface area contributed by atoms with E-state index >= 15 is 0 Å². The molecule has 0 amide bonds. The van der Waals surface area contributed by atoms with Crippen molar-refractivity contribution in [1.82, 2.24) is 0 Å². The van der Waals surface area contributed by atoms with Gasteiger partial charge in [0, 0.05) is 11.1 Å². The standard InChI is InChI=1S/C14H11F3N2O/c15-14(16,17)9-6-10(12(19)11(18)7-9)13(20)8-4-2-1-3-5-8/h1-7H,18-19H2. The molecule has 3 nitrogen and oxygen atoms in total. The number of nitrogen functional groups attached to an aromatic ring is 2. The Hall–Kier alpha value is -2.50. The Morgan fingerprint density at radius 1 is 1.00 bits per heavy atom. The Morgan fingerprint density at radius 2 is 1.60 bits per heavy atom. The second-order valence-corrected chi connectivity index (χ2v) is 4.22. The van der Waals surface area contributed by atoms with Crippen LogP contribution in [0.25, 0.3) is 0 Å². The van der Waals surface area contributed by atoms with Gasteiger partial charge in [0.05, 0.1) is 16.9 Å². The lowest BCUT2D eigenvalue weighted by atomic mass is 9.98. The minimum absolute atomic E-state index is 0.146. The molecule has 0 aliphatic carbocycles. The zero-order chi connectivity index (χ0) is 14.9. The number of hydrogen-bond acceptors (Lipinski definition) is 3. The highest BCUT2D eigenvalue weighted by molar-refractivity contribution is 6.13. The van der Waals surface area contributed by atoms with Crippen LogP contribution in [0.2, 0.25) is 0 Å². The van der Waals surface area contributed by atoms with Crippen LogP contribution in [0.15, 0.2) is 42.5 Å². The van der Waals surface area contributed by atoms with Crippen LogP contribution in [0.3, 0.4) is 0 Å². The van der Waals surface area contributed by atoms with E-state index in [-0.39, 0.29) is 22.5 Å². The lowest BCUT2D eigenvalue weighted by Crippen LogP contribution is -2.13. The second-order valence-electron chi connectivity index (χ2n) is 4.22. The van der Waals surface area contributed by atoms with Crippen molar-refractivity contribution >= 4 is 17.2 Å². The van der Waals surface area contributed by atoms with Crippen molar-refractivity contribution in [2.45, 2.75) is 6.18 Å². The molecule has 2 aromatic rings. The highest BCUT2D eigenvalue weighted by atomic mass is 19.4. The van der Waals surface area contributed by atoms with Crippen LogP contribution in [0, 0.1) is 0 Å². The van der Waals surface area contributed by atoms with Crippen molar-refractivity contribution in [3.05, 3.63) is 59.2 Å². The van der Waals surface area contributed by atoms with Crippen molar-refractivity contribution in [3.63, 3.8) is 0 Å². The number of hydrogen-bond donors (Lipinski definition) is 2. The molecule has 0 radical (unpaired) electrons. The maximum atomic E-state index is 12.7. The zero-order valence-electron chi connectivity index (χ0n) is 10.2. The third-order valence-electron chi connectivity index (χ3n) is 2.82. The third-order valence-corrected chi connectivity index (χ3v) is 2.82. The summed E-state index contributed by atoms with van der Waals surface area (Å²) >= 11 is 0. The summed E-state index contributed by atoms with van der Waals surface area (Å²) < 4.78 is 38.2. The molecule has 0 unspecified atom stereocenters. The van der Waals surface area contributed by atoms with Crippen LogP contribution in [0.5, 0.6) is 0 Å². The van der Waals surface area contributed by atoms with Crippen LogP contribution < -0.4 is 11.5 Å². The van der Waals surface area contributed by atoms with E-state index in [0.29, 0.717) is 0 Å². The van der Waals surface area contributed by atoms with Gasteiger partial charge in [-0.15, -0.1) is 0 Å². The lowest BCUT2D eigenvalue weighted by molar-refractivity contribution is -0.137. The van der Waals surface area contributed by atoms with Crippen LogP contribution >= 0.6 is 0 Å². The van der Waals surface area contributed by atoms with E-state index in [1.54, 1.807) is 18.2 Å². The van der Waals surface area contributed by atoms with Gasteiger partial charge in [0.15, 0.2) is 5.78 Å². The zero-order valence-corrected chi connectivity index (χ0v) is 10.2. The van der Waals surface area contributed by atoms with E-state index in [9.17, 15) is 18.0 Å².